The maximum absolute atomic E-state index is 13.2. The zero-order valence-electron chi connectivity index (χ0n) is 15.6. The average molecular weight is 400 g/mol. The molecule has 3 aromatic rings. The van der Waals surface area contributed by atoms with Crippen molar-refractivity contribution in [3.63, 3.8) is 0 Å². The van der Waals surface area contributed by atoms with Gasteiger partial charge in [-0.3, -0.25) is 14.1 Å². The summed E-state index contributed by atoms with van der Waals surface area (Å²) in [6.07, 6.45) is -0.903. The molecule has 0 spiro atoms. The third-order valence-electron chi connectivity index (χ3n) is 5.10. The summed E-state index contributed by atoms with van der Waals surface area (Å²) < 4.78 is 7.00. The monoisotopic (exact) mass is 399 g/mol. The lowest BCUT2D eigenvalue weighted by molar-refractivity contribution is 0.0141. The predicted octanol–water partition coefficient (Wildman–Crippen LogP) is 2.69. The van der Waals surface area contributed by atoms with Crippen LogP contribution in [0.3, 0.4) is 0 Å². The highest BCUT2D eigenvalue weighted by Crippen LogP contribution is 2.27. The highest BCUT2D eigenvalue weighted by Gasteiger charge is 2.22. The lowest BCUT2D eigenvalue weighted by atomic mass is 10.0. The predicted molar refractivity (Wildman–Crippen MR) is 109 cm³/mol. The lowest BCUT2D eigenvalue weighted by Gasteiger charge is -2.28. The summed E-state index contributed by atoms with van der Waals surface area (Å²) in [4.78, 5) is 19.7. The normalized spacial score (nSPS) is 16.4. The lowest BCUT2D eigenvalue weighted by Crippen LogP contribution is -2.39. The number of aliphatic hydroxyl groups is 1. The van der Waals surface area contributed by atoms with Crippen LogP contribution >= 0.6 is 11.6 Å². The number of aliphatic hydroxyl groups excluding tert-OH is 1. The second kappa shape index (κ2) is 8.01. The Hall–Kier alpha value is -2.25. The topological polar surface area (TPSA) is 67.1 Å². The zero-order chi connectivity index (χ0) is 19.7. The van der Waals surface area contributed by atoms with E-state index in [0.29, 0.717) is 36.2 Å². The summed E-state index contributed by atoms with van der Waals surface area (Å²) in [6.45, 7) is 5.03. The number of morpholine rings is 1. The van der Waals surface area contributed by atoms with E-state index in [1.807, 2.05) is 37.3 Å². The number of β-amino-alcohol motifs (C(OH)–C–C–N with tert-alkyl or cyclic N) is 1. The molecule has 1 atom stereocenters. The van der Waals surface area contributed by atoms with E-state index in [9.17, 15) is 9.90 Å². The first kappa shape index (κ1) is 19.1. The van der Waals surface area contributed by atoms with E-state index in [1.165, 1.54) is 0 Å². The molecule has 1 aliphatic rings. The third kappa shape index (κ3) is 3.69. The Balaban J connectivity index is 1.86. The molecule has 0 amide bonds. The molecule has 0 aromatic carbocycles. The third-order valence-corrected chi connectivity index (χ3v) is 5.31. The van der Waals surface area contributed by atoms with Gasteiger partial charge in [-0.1, -0.05) is 23.7 Å². The van der Waals surface area contributed by atoms with Crippen LogP contribution in [0.4, 0.5) is 0 Å². The van der Waals surface area contributed by atoms with Crippen LogP contribution in [0.1, 0.15) is 17.4 Å². The Bertz CT molecular complexity index is 1060. The van der Waals surface area contributed by atoms with E-state index in [-0.39, 0.29) is 5.56 Å². The minimum atomic E-state index is -0.903. The molecule has 28 heavy (non-hydrogen) atoms. The van der Waals surface area contributed by atoms with E-state index in [1.54, 1.807) is 16.5 Å². The average Bonchev–Trinajstić information content (AvgIpc) is 2.69. The van der Waals surface area contributed by atoms with Gasteiger partial charge in [0.1, 0.15) is 5.15 Å². The molecule has 6 nitrogen and oxygen atoms in total. The van der Waals surface area contributed by atoms with Crippen molar-refractivity contribution in [3.8, 4) is 11.3 Å². The largest absolute Gasteiger partial charge is 0.387 e. The Morgan fingerprint density at radius 1 is 1.21 bits per heavy atom. The minimum absolute atomic E-state index is 0.209. The highest BCUT2D eigenvalue weighted by atomic mass is 35.5. The highest BCUT2D eigenvalue weighted by molar-refractivity contribution is 6.29. The van der Waals surface area contributed by atoms with Crippen LogP contribution < -0.4 is 5.56 Å². The van der Waals surface area contributed by atoms with Crippen LogP contribution in [-0.4, -0.2) is 52.2 Å². The Labute approximate surface area is 168 Å². The van der Waals surface area contributed by atoms with Crippen molar-refractivity contribution < 1.29 is 9.84 Å². The van der Waals surface area contributed by atoms with E-state index < -0.39 is 6.10 Å². The van der Waals surface area contributed by atoms with Gasteiger partial charge in [0, 0.05) is 36.5 Å². The molecular formula is C21H22ClN3O3. The molecule has 1 N–H and O–H groups in total. The molecule has 0 aliphatic carbocycles. The van der Waals surface area contributed by atoms with Crippen molar-refractivity contribution in [2.45, 2.75) is 13.0 Å². The molecular weight excluding hydrogens is 378 g/mol. The van der Waals surface area contributed by atoms with Crippen LogP contribution in [0, 0.1) is 6.92 Å². The van der Waals surface area contributed by atoms with Gasteiger partial charge in [0.25, 0.3) is 5.56 Å². The van der Waals surface area contributed by atoms with Crippen LogP contribution in [-0.2, 0) is 4.74 Å². The smallest absolute Gasteiger partial charge is 0.261 e. The molecule has 1 saturated heterocycles. The number of aryl methyl sites for hydroxylation is 1. The minimum Gasteiger partial charge on any atom is -0.387 e. The number of aromatic nitrogens is 2. The summed E-state index contributed by atoms with van der Waals surface area (Å²) in [6, 6.07) is 12.8. The van der Waals surface area contributed by atoms with Gasteiger partial charge in [-0.15, -0.1) is 0 Å². The molecule has 1 fully saturated rings. The molecule has 0 radical (unpaired) electrons. The van der Waals surface area contributed by atoms with Crippen molar-refractivity contribution in [2.75, 3.05) is 32.8 Å². The number of rotatable bonds is 4. The number of hydrogen-bond acceptors (Lipinski definition) is 5. The van der Waals surface area contributed by atoms with Gasteiger partial charge in [0.05, 0.1) is 30.5 Å². The zero-order valence-corrected chi connectivity index (χ0v) is 16.4. The fraction of sp³-hybridized carbons (Fsp3) is 0.333. The Morgan fingerprint density at radius 3 is 2.71 bits per heavy atom. The number of pyridine rings is 3. The molecule has 0 saturated carbocycles. The van der Waals surface area contributed by atoms with Gasteiger partial charge in [-0.05, 0) is 37.3 Å². The first-order valence-corrected chi connectivity index (χ1v) is 9.69. The number of halogens is 1. The fourth-order valence-corrected chi connectivity index (χ4v) is 3.81. The van der Waals surface area contributed by atoms with Crippen molar-refractivity contribution in [1.29, 1.82) is 0 Å². The van der Waals surface area contributed by atoms with Gasteiger partial charge in [-0.25, -0.2) is 4.98 Å². The first-order chi connectivity index (χ1) is 13.5. The Morgan fingerprint density at radius 2 is 1.96 bits per heavy atom. The molecule has 3 aromatic heterocycles. The molecule has 1 unspecified atom stereocenters. The van der Waals surface area contributed by atoms with E-state index in [4.69, 9.17) is 16.3 Å². The van der Waals surface area contributed by atoms with Crippen LogP contribution in [0.5, 0.6) is 0 Å². The summed E-state index contributed by atoms with van der Waals surface area (Å²) in [5.41, 5.74) is 3.11. The number of fused-ring (bicyclic) bond motifs is 1. The Kier molecular flexibility index (Phi) is 5.46. The summed E-state index contributed by atoms with van der Waals surface area (Å²) in [5, 5.41) is 11.3. The quantitative estimate of drug-likeness (QED) is 0.683. The summed E-state index contributed by atoms with van der Waals surface area (Å²) in [5.74, 6) is 0. The van der Waals surface area contributed by atoms with Crippen molar-refractivity contribution in [3.05, 3.63) is 69.2 Å². The maximum atomic E-state index is 13.2. The molecule has 4 heterocycles. The van der Waals surface area contributed by atoms with Gasteiger partial charge in [0.2, 0.25) is 0 Å². The van der Waals surface area contributed by atoms with Crippen molar-refractivity contribution in [1.82, 2.24) is 14.3 Å². The molecule has 7 heteroatoms. The van der Waals surface area contributed by atoms with E-state index >= 15 is 0 Å². The molecule has 146 valence electrons. The van der Waals surface area contributed by atoms with E-state index in [0.717, 1.165) is 29.9 Å². The van der Waals surface area contributed by atoms with Crippen LogP contribution in [0.2, 0.25) is 5.15 Å². The van der Waals surface area contributed by atoms with Crippen LogP contribution in [0.15, 0.2) is 47.3 Å². The fourth-order valence-electron chi connectivity index (χ4n) is 3.65. The molecule has 1 aliphatic heterocycles. The number of nitrogens with zero attached hydrogens (tertiary/aromatic N) is 3. The molecule has 4 rings (SSSR count). The van der Waals surface area contributed by atoms with Crippen LogP contribution in [0.25, 0.3) is 16.8 Å². The van der Waals surface area contributed by atoms with Gasteiger partial charge >= 0.3 is 0 Å². The van der Waals surface area contributed by atoms with Crippen molar-refractivity contribution in [2.24, 2.45) is 0 Å². The second-order valence-corrected chi connectivity index (χ2v) is 7.37. The number of ether oxygens (including phenoxy) is 1. The van der Waals surface area contributed by atoms with E-state index in [2.05, 4.69) is 9.88 Å². The van der Waals surface area contributed by atoms with Gasteiger partial charge in [-0.2, -0.15) is 0 Å². The number of hydrogen-bond donors (Lipinski definition) is 1. The maximum Gasteiger partial charge on any atom is 0.261 e. The van der Waals surface area contributed by atoms with Gasteiger partial charge < -0.3 is 9.84 Å². The molecule has 0 bridgehead atoms. The van der Waals surface area contributed by atoms with Gasteiger partial charge in [0.15, 0.2) is 0 Å². The summed E-state index contributed by atoms with van der Waals surface area (Å²) in [7, 11) is 0. The SMILES string of the molecule is Cc1cccc2c(-c3cccc(Cl)n3)cc(C(O)CN3CCOCC3)c(=O)n12. The van der Waals surface area contributed by atoms with Crippen molar-refractivity contribution >= 4 is 17.1 Å². The first-order valence-electron chi connectivity index (χ1n) is 9.31. The standard InChI is InChI=1S/C21H22ClN3O3/c1-14-4-2-6-18-15(17-5-3-7-20(22)23-17)12-16(21(27)25(14)18)19(26)13-24-8-10-28-11-9-24/h2-7,12,19,26H,8-11,13H2,1H3. The second-order valence-electron chi connectivity index (χ2n) is 6.98. The summed E-state index contributed by atoms with van der Waals surface area (Å²) >= 11 is 6.09.